The van der Waals surface area contributed by atoms with Crippen LogP contribution >= 0.6 is 15.6 Å². The fourth-order valence-electron chi connectivity index (χ4n) is 7.72. The number of aliphatic hydroxyl groups is 1. The van der Waals surface area contributed by atoms with Gasteiger partial charge in [0.1, 0.15) is 36.6 Å². The smallest absolute Gasteiger partial charge is 0.390 e. The number of aliphatic hydroxyl groups excluding tert-OH is 1. The number of nitrogens with zero attached hydrogens (tertiary/aromatic N) is 5. The Balaban J connectivity index is 0.939. The van der Waals surface area contributed by atoms with Crippen LogP contribution in [0.2, 0.25) is 0 Å². The lowest BCUT2D eigenvalue weighted by atomic mass is 10.1. The zero-order valence-corrected chi connectivity index (χ0v) is 44.2. The number of hydrogen-bond donors (Lipinski definition) is 6. The van der Waals surface area contributed by atoms with E-state index in [1.165, 1.54) is 43.5 Å². The molecule has 0 aromatic carbocycles. The number of phosphoric acid groups is 2. The van der Waals surface area contributed by atoms with E-state index in [0.717, 1.165) is 17.4 Å². The van der Waals surface area contributed by atoms with Gasteiger partial charge < -0.3 is 58.8 Å². The maximum absolute atomic E-state index is 13.3. The van der Waals surface area contributed by atoms with Gasteiger partial charge in [0.05, 0.1) is 91.0 Å². The van der Waals surface area contributed by atoms with Gasteiger partial charge in [-0.3, -0.25) is 42.0 Å². The maximum atomic E-state index is 13.3. The van der Waals surface area contributed by atoms with Crippen LogP contribution < -0.4 is 21.9 Å². The predicted molar refractivity (Wildman–Crippen MR) is 262 cm³/mol. The van der Waals surface area contributed by atoms with Crippen LogP contribution in [0.5, 0.6) is 0 Å². The first-order chi connectivity index (χ1) is 35.4. The second-order valence-electron chi connectivity index (χ2n) is 17.8. The first-order valence-electron chi connectivity index (χ1n) is 25.0. The fourth-order valence-corrected chi connectivity index (χ4v) is 9.45. The van der Waals surface area contributed by atoms with E-state index in [4.69, 9.17) is 46.5 Å². The molecule has 418 valence electrons. The highest BCUT2D eigenvalue weighted by molar-refractivity contribution is 7.47. The summed E-state index contributed by atoms with van der Waals surface area (Å²) in [5.74, 6) is -0.135. The van der Waals surface area contributed by atoms with Crippen LogP contribution in [0.25, 0.3) is 0 Å². The average molecular weight is 1090 g/mol. The second kappa shape index (κ2) is 31.3. The molecule has 3 aliphatic heterocycles. The average Bonchev–Trinajstić information content (AvgIpc) is 4.08. The molecule has 0 aliphatic carbocycles. The summed E-state index contributed by atoms with van der Waals surface area (Å²) in [6, 6.07) is 0. The van der Waals surface area contributed by atoms with Crippen LogP contribution in [0.15, 0.2) is 46.2 Å². The summed E-state index contributed by atoms with van der Waals surface area (Å²) in [4.78, 5) is 73.6. The Morgan fingerprint density at radius 1 is 0.824 bits per heavy atom. The number of hydrogen-bond acceptors (Lipinski definition) is 20. The van der Waals surface area contributed by atoms with E-state index < -0.39 is 77.0 Å². The highest BCUT2D eigenvalue weighted by atomic mass is 31.2. The SMILES string of the molecule is C=C1NC(=O)C(C)=CN1[C@H]1CC(O)[C@@H](COP(=O)(O)OC2C[C@H](n3cc(C)c(=O)[nH]c3=O)O[C@@H]2COP(=O)(O)OCCCCc2cn(CCOCCOCCOCCOCCC(=O)NCCCCCCC)nn2)O1. The van der Waals surface area contributed by atoms with Crippen LogP contribution in [0, 0.1) is 6.92 Å². The Bertz CT molecular complexity index is 2330. The maximum Gasteiger partial charge on any atom is 0.472 e. The summed E-state index contributed by atoms with van der Waals surface area (Å²) >= 11 is 0. The van der Waals surface area contributed by atoms with Crippen molar-refractivity contribution in [2.75, 3.05) is 79.2 Å². The number of H-pyrrole nitrogens is 1. The topological polar surface area (TPSA) is 334 Å². The summed E-state index contributed by atoms with van der Waals surface area (Å²) in [5.41, 5.74) is -0.259. The van der Waals surface area contributed by atoms with Gasteiger partial charge in [-0.05, 0) is 39.5 Å². The molecular formula is C45H74N8O19P2. The molecule has 2 saturated heterocycles. The molecule has 2 fully saturated rings. The van der Waals surface area contributed by atoms with Crippen LogP contribution in [0.4, 0.5) is 0 Å². The van der Waals surface area contributed by atoms with E-state index in [0.29, 0.717) is 103 Å². The third kappa shape index (κ3) is 21.2. The highest BCUT2D eigenvalue weighted by Gasteiger charge is 2.45. The molecule has 4 unspecified atom stereocenters. The van der Waals surface area contributed by atoms with Gasteiger partial charge in [-0.2, -0.15) is 0 Å². The molecule has 0 bridgehead atoms. The Hall–Kier alpha value is -4.02. The lowest BCUT2D eigenvalue weighted by Gasteiger charge is -2.32. The normalized spacial score (nSPS) is 22.7. The Labute approximate surface area is 429 Å². The number of carbonyl (C=O) groups excluding carboxylic acids is 2. The fraction of sp³-hybridized carbons (Fsp3) is 0.733. The molecule has 5 rings (SSSR count). The molecule has 0 saturated carbocycles. The van der Waals surface area contributed by atoms with E-state index in [2.05, 4.69) is 39.4 Å². The van der Waals surface area contributed by atoms with Crippen molar-refractivity contribution >= 4 is 27.5 Å². The summed E-state index contributed by atoms with van der Waals surface area (Å²) in [5, 5.41) is 24.4. The molecule has 29 heteroatoms. The summed E-state index contributed by atoms with van der Waals surface area (Å²) < 4.78 is 83.9. The number of unbranched alkanes of at least 4 members (excludes halogenated alkanes) is 5. The molecule has 3 aliphatic rings. The third-order valence-electron chi connectivity index (χ3n) is 11.8. The van der Waals surface area contributed by atoms with Gasteiger partial charge >= 0.3 is 21.3 Å². The van der Waals surface area contributed by atoms with Crippen molar-refractivity contribution in [3.05, 3.63) is 68.7 Å². The predicted octanol–water partition coefficient (Wildman–Crippen LogP) is 2.21. The van der Waals surface area contributed by atoms with Crippen LogP contribution in [0.1, 0.15) is 95.5 Å². The van der Waals surface area contributed by atoms with Crippen molar-refractivity contribution in [3.63, 3.8) is 0 Å². The standard InChI is InChI=1S/C45H74N8O19P2/c1-5-6-7-8-10-14-46-40(55)13-17-63-19-21-65-23-24-66-22-20-64-18-15-51-29-35(49-50-51)12-9-11-16-67-73(59,60)68-31-39-37(26-42(71-39)53-28-33(3)44(57)48-45(53)58)72-74(61,62)69-30-38-36(54)25-41(70-38)52-27-32(2)43(56)47-34(52)4/h27-29,36-39,41-42,54H,4-26,30-31H2,1-3H3,(H,46,55)(H,47,56)(H,59,60)(H,61,62)(H,48,57,58)/t36?,37?,38-,39-,41-,42-/m1/s1. The van der Waals surface area contributed by atoms with E-state index >= 15 is 0 Å². The number of aromatic nitrogens is 5. The molecule has 6 N–H and O–H groups in total. The first kappa shape index (κ1) is 60.8. The number of nitrogens with one attached hydrogen (secondary N) is 3. The molecule has 5 heterocycles. The third-order valence-corrected chi connectivity index (χ3v) is 13.8. The Kier molecular flexibility index (Phi) is 25.7. The summed E-state index contributed by atoms with van der Waals surface area (Å²) in [6.45, 7) is 11.8. The number of amides is 2. The molecule has 27 nitrogen and oxygen atoms in total. The monoisotopic (exact) mass is 1090 g/mol. The van der Waals surface area contributed by atoms with Crippen molar-refractivity contribution in [2.45, 2.75) is 135 Å². The van der Waals surface area contributed by atoms with Gasteiger partial charge in [0.15, 0.2) is 0 Å². The number of ether oxygens (including phenoxy) is 6. The van der Waals surface area contributed by atoms with Gasteiger partial charge in [0, 0.05) is 55.5 Å². The molecule has 0 spiro atoms. The van der Waals surface area contributed by atoms with Gasteiger partial charge in [-0.25, -0.2) is 18.6 Å². The van der Waals surface area contributed by atoms with Gasteiger partial charge in [0.25, 0.3) is 11.5 Å². The lowest BCUT2D eigenvalue weighted by Crippen LogP contribution is -2.42. The number of carbonyl (C=O) groups is 2. The van der Waals surface area contributed by atoms with E-state index in [9.17, 15) is 43.2 Å². The number of rotatable bonds is 37. The van der Waals surface area contributed by atoms with Crippen LogP contribution in [-0.2, 0) is 78.2 Å². The minimum atomic E-state index is -4.99. The van der Waals surface area contributed by atoms with Crippen molar-refractivity contribution in [1.82, 2.24) is 40.1 Å². The Morgan fingerprint density at radius 3 is 2.22 bits per heavy atom. The molecular weight excluding hydrogens is 1020 g/mol. The Morgan fingerprint density at radius 2 is 1.49 bits per heavy atom. The molecule has 2 amide bonds. The minimum Gasteiger partial charge on any atom is -0.390 e. The zero-order valence-electron chi connectivity index (χ0n) is 42.4. The molecule has 2 aromatic rings. The minimum absolute atomic E-state index is 0.00128. The quantitative estimate of drug-likeness (QED) is 0.0417. The first-order valence-corrected chi connectivity index (χ1v) is 27.9. The lowest BCUT2D eigenvalue weighted by molar-refractivity contribution is -0.122. The second-order valence-corrected chi connectivity index (χ2v) is 20.7. The van der Waals surface area contributed by atoms with Crippen LogP contribution in [-0.4, -0.2) is 166 Å². The van der Waals surface area contributed by atoms with Crippen molar-refractivity contribution in [3.8, 4) is 0 Å². The number of aromatic amines is 1. The van der Waals surface area contributed by atoms with Crippen LogP contribution in [0.3, 0.4) is 0 Å². The van der Waals surface area contributed by atoms with Crippen molar-refractivity contribution in [2.24, 2.45) is 0 Å². The van der Waals surface area contributed by atoms with E-state index in [1.807, 2.05) is 0 Å². The molecule has 2 aromatic heterocycles. The zero-order chi connectivity index (χ0) is 53.5. The highest BCUT2D eigenvalue weighted by Crippen LogP contribution is 2.50. The molecule has 74 heavy (non-hydrogen) atoms. The molecule has 0 radical (unpaired) electrons. The molecule has 8 atom stereocenters. The van der Waals surface area contributed by atoms with Gasteiger partial charge in [0.2, 0.25) is 5.91 Å². The largest absolute Gasteiger partial charge is 0.472 e. The summed E-state index contributed by atoms with van der Waals surface area (Å²) in [6.07, 6.45) is 4.82. The van der Waals surface area contributed by atoms with Gasteiger partial charge in [-0.15, -0.1) is 5.10 Å². The summed E-state index contributed by atoms with van der Waals surface area (Å²) in [7, 11) is -9.72. The van der Waals surface area contributed by atoms with E-state index in [1.54, 1.807) is 17.8 Å². The van der Waals surface area contributed by atoms with E-state index in [-0.39, 0.29) is 42.6 Å². The number of aryl methyl sites for hydroxylation is 2. The van der Waals surface area contributed by atoms with Crippen molar-refractivity contribution in [1.29, 1.82) is 0 Å². The van der Waals surface area contributed by atoms with Gasteiger partial charge in [-0.1, -0.05) is 44.4 Å². The van der Waals surface area contributed by atoms with Crippen molar-refractivity contribution < 1.29 is 80.1 Å². The number of phosphoric ester groups is 2.